The maximum Gasteiger partial charge on any atom is 0.353 e. The molecule has 0 amide bonds. The number of hydrogen-bond acceptors (Lipinski definition) is 6. The second-order valence-electron chi connectivity index (χ2n) is 5.88. The molecule has 0 radical (unpaired) electrons. The van der Waals surface area contributed by atoms with Crippen molar-refractivity contribution < 1.29 is 4.92 Å². The van der Waals surface area contributed by atoms with Crippen molar-refractivity contribution >= 4 is 46.2 Å². The fourth-order valence-corrected chi connectivity index (χ4v) is 3.26. The number of anilines is 3. The fourth-order valence-electron chi connectivity index (χ4n) is 2.92. The van der Waals surface area contributed by atoms with Crippen molar-refractivity contribution in [1.29, 1.82) is 0 Å². The number of aromatic nitrogens is 2. The third-order valence-corrected chi connectivity index (χ3v) is 4.97. The van der Waals surface area contributed by atoms with Crippen LogP contribution in [0, 0.1) is 10.1 Å². The molecule has 1 aromatic carbocycles. The molecule has 1 fully saturated rings. The normalized spacial score (nSPS) is 15.0. The van der Waals surface area contributed by atoms with Crippen LogP contribution in [0.4, 0.5) is 23.0 Å². The molecule has 9 heteroatoms. The number of benzene rings is 1. The first-order valence-corrected chi connectivity index (χ1v) is 8.79. The van der Waals surface area contributed by atoms with Crippen LogP contribution in [0.3, 0.4) is 0 Å². The molecule has 0 saturated heterocycles. The predicted molar refractivity (Wildman–Crippen MR) is 98.9 cm³/mol. The molecule has 1 heterocycles. The van der Waals surface area contributed by atoms with Crippen LogP contribution in [0.15, 0.2) is 24.5 Å². The van der Waals surface area contributed by atoms with Crippen LogP contribution < -0.4 is 10.6 Å². The standard InChI is InChI=1S/C16H17Cl2N5O2/c17-11-7-4-8-12(13(11)18)22-16-14(23(24)25)15(19-9-20-16)21-10-5-2-1-3-6-10/h4,7-10H,1-3,5-6H2,(H2,19,20,21,22). The van der Waals surface area contributed by atoms with Gasteiger partial charge in [0.15, 0.2) is 0 Å². The van der Waals surface area contributed by atoms with E-state index in [0.29, 0.717) is 10.7 Å². The predicted octanol–water partition coefficient (Wildman–Crippen LogP) is 5.18. The molecular weight excluding hydrogens is 365 g/mol. The molecule has 7 nitrogen and oxygen atoms in total. The lowest BCUT2D eigenvalue weighted by molar-refractivity contribution is -0.383. The second kappa shape index (κ2) is 7.84. The minimum atomic E-state index is -0.494. The number of hydrogen-bond donors (Lipinski definition) is 2. The van der Waals surface area contributed by atoms with E-state index in [1.807, 2.05) is 0 Å². The Morgan fingerprint density at radius 3 is 2.56 bits per heavy atom. The van der Waals surface area contributed by atoms with Gasteiger partial charge in [0.05, 0.1) is 20.7 Å². The van der Waals surface area contributed by atoms with Crippen LogP contribution >= 0.6 is 23.2 Å². The Kier molecular flexibility index (Phi) is 5.55. The molecule has 132 valence electrons. The summed E-state index contributed by atoms with van der Waals surface area (Å²) in [4.78, 5) is 19.2. The van der Waals surface area contributed by atoms with Gasteiger partial charge < -0.3 is 10.6 Å². The number of halogens is 2. The Bertz CT molecular complexity index is 781. The molecule has 1 saturated carbocycles. The number of nitrogens with zero attached hydrogens (tertiary/aromatic N) is 3. The molecule has 25 heavy (non-hydrogen) atoms. The van der Waals surface area contributed by atoms with Gasteiger partial charge >= 0.3 is 5.69 Å². The molecule has 2 aromatic rings. The minimum absolute atomic E-state index is 0.0717. The average Bonchev–Trinajstić information content (AvgIpc) is 2.60. The third kappa shape index (κ3) is 4.11. The molecule has 1 aliphatic carbocycles. The lowest BCUT2D eigenvalue weighted by Crippen LogP contribution is -2.23. The highest BCUT2D eigenvalue weighted by Gasteiger charge is 2.26. The highest BCUT2D eigenvalue weighted by atomic mass is 35.5. The van der Waals surface area contributed by atoms with E-state index in [1.54, 1.807) is 18.2 Å². The van der Waals surface area contributed by atoms with Crippen molar-refractivity contribution in [3.05, 3.63) is 44.7 Å². The molecule has 1 aliphatic rings. The van der Waals surface area contributed by atoms with E-state index in [2.05, 4.69) is 20.6 Å². The van der Waals surface area contributed by atoms with Crippen LogP contribution in [-0.2, 0) is 0 Å². The molecule has 0 aliphatic heterocycles. The second-order valence-corrected chi connectivity index (χ2v) is 6.67. The maximum absolute atomic E-state index is 11.6. The van der Waals surface area contributed by atoms with E-state index >= 15 is 0 Å². The van der Waals surface area contributed by atoms with E-state index in [0.717, 1.165) is 25.7 Å². The summed E-state index contributed by atoms with van der Waals surface area (Å²) >= 11 is 12.1. The molecule has 0 atom stereocenters. The molecular formula is C16H17Cl2N5O2. The van der Waals surface area contributed by atoms with Gasteiger partial charge in [-0.25, -0.2) is 9.97 Å². The van der Waals surface area contributed by atoms with Crippen molar-refractivity contribution in [2.24, 2.45) is 0 Å². The molecule has 0 bridgehead atoms. The Labute approximate surface area is 154 Å². The Morgan fingerprint density at radius 2 is 1.84 bits per heavy atom. The van der Waals surface area contributed by atoms with E-state index < -0.39 is 4.92 Å². The maximum atomic E-state index is 11.6. The minimum Gasteiger partial charge on any atom is -0.361 e. The summed E-state index contributed by atoms with van der Waals surface area (Å²) in [5.41, 5.74) is 0.240. The summed E-state index contributed by atoms with van der Waals surface area (Å²) in [6.07, 6.45) is 6.66. The quantitative estimate of drug-likeness (QED) is 0.547. The van der Waals surface area contributed by atoms with Crippen molar-refractivity contribution in [2.45, 2.75) is 38.1 Å². The summed E-state index contributed by atoms with van der Waals surface area (Å²) in [5.74, 6) is 0.287. The van der Waals surface area contributed by atoms with Crippen molar-refractivity contribution in [3.8, 4) is 0 Å². The van der Waals surface area contributed by atoms with E-state index in [4.69, 9.17) is 23.2 Å². The average molecular weight is 382 g/mol. The van der Waals surface area contributed by atoms with Crippen LogP contribution in [0.2, 0.25) is 10.0 Å². The smallest absolute Gasteiger partial charge is 0.353 e. The SMILES string of the molecule is O=[N+]([O-])c1c(Nc2cccc(Cl)c2Cl)ncnc1NC1CCCCC1. The van der Waals surface area contributed by atoms with Crippen molar-refractivity contribution in [1.82, 2.24) is 9.97 Å². The zero-order chi connectivity index (χ0) is 17.8. The van der Waals surface area contributed by atoms with Gasteiger partial charge in [-0.05, 0) is 25.0 Å². The van der Waals surface area contributed by atoms with Crippen molar-refractivity contribution in [3.63, 3.8) is 0 Å². The van der Waals surface area contributed by atoms with Crippen molar-refractivity contribution in [2.75, 3.05) is 10.6 Å². The van der Waals surface area contributed by atoms with E-state index in [1.165, 1.54) is 12.7 Å². The van der Waals surface area contributed by atoms with Crippen LogP contribution in [0.25, 0.3) is 0 Å². The van der Waals surface area contributed by atoms with Gasteiger partial charge in [-0.1, -0.05) is 48.5 Å². The first-order chi connectivity index (χ1) is 12.1. The highest BCUT2D eigenvalue weighted by molar-refractivity contribution is 6.43. The van der Waals surface area contributed by atoms with Gasteiger partial charge in [0.1, 0.15) is 6.33 Å². The lowest BCUT2D eigenvalue weighted by Gasteiger charge is -2.23. The zero-order valence-electron chi connectivity index (χ0n) is 13.3. The number of nitro groups is 1. The summed E-state index contributed by atoms with van der Waals surface area (Å²) < 4.78 is 0. The summed E-state index contributed by atoms with van der Waals surface area (Å²) in [6, 6.07) is 5.20. The Balaban J connectivity index is 1.92. The van der Waals surface area contributed by atoms with Gasteiger partial charge in [0.2, 0.25) is 11.6 Å². The first-order valence-electron chi connectivity index (χ1n) is 8.03. The monoisotopic (exact) mass is 381 g/mol. The molecule has 3 rings (SSSR count). The summed E-state index contributed by atoms with van der Waals surface area (Å²) in [7, 11) is 0. The van der Waals surface area contributed by atoms with Crippen LogP contribution in [0.5, 0.6) is 0 Å². The number of nitrogens with one attached hydrogen (secondary N) is 2. The van der Waals surface area contributed by atoms with Crippen LogP contribution in [-0.4, -0.2) is 20.9 Å². The molecule has 1 aromatic heterocycles. The first kappa shape index (κ1) is 17.7. The van der Waals surface area contributed by atoms with Gasteiger partial charge in [-0.15, -0.1) is 0 Å². The highest BCUT2D eigenvalue weighted by Crippen LogP contribution is 2.36. The van der Waals surface area contributed by atoms with E-state index in [-0.39, 0.29) is 28.4 Å². The third-order valence-electron chi connectivity index (χ3n) is 4.16. The van der Waals surface area contributed by atoms with Crippen LogP contribution in [0.1, 0.15) is 32.1 Å². The van der Waals surface area contributed by atoms with Gasteiger partial charge in [0, 0.05) is 6.04 Å². The molecule has 2 N–H and O–H groups in total. The zero-order valence-corrected chi connectivity index (χ0v) is 14.8. The Morgan fingerprint density at radius 1 is 1.12 bits per heavy atom. The topological polar surface area (TPSA) is 93.0 Å². The summed E-state index contributed by atoms with van der Waals surface area (Å²) in [5, 5.41) is 18.3. The largest absolute Gasteiger partial charge is 0.361 e. The molecule has 0 unspecified atom stereocenters. The van der Waals surface area contributed by atoms with Gasteiger partial charge in [-0.3, -0.25) is 10.1 Å². The lowest BCUT2D eigenvalue weighted by atomic mass is 9.95. The summed E-state index contributed by atoms with van der Waals surface area (Å²) in [6.45, 7) is 0. The van der Waals surface area contributed by atoms with Gasteiger partial charge in [0.25, 0.3) is 0 Å². The number of rotatable bonds is 5. The molecule has 0 spiro atoms. The van der Waals surface area contributed by atoms with E-state index in [9.17, 15) is 10.1 Å². The Hall–Kier alpha value is -2.12. The fraction of sp³-hybridized carbons (Fsp3) is 0.375. The van der Waals surface area contributed by atoms with Gasteiger partial charge in [-0.2, -0.15) is 0 Å².